The number of carboxylic acid groups (broad SMARTS) is 1. The summed E-state index contributed by atoms with van der Waals surface area (Å²) in [5, 5.41) is 8.38. The Morgan fingerprint density at radius 2 is 1.85 bits per heavy atom. The first-order chi connectivity index (χ1) is 9.49. The van der Waals surface area contributed by atoms with Crippen molar-refractivity contribution in [2.45, 2.75) is 6.92 Å². The van der Waals surface area contributed by atoms with Crippen molar-refractivity contribution in [3.05, 3.63) is 29.8 Å². The lowest BCUT2D eigenvalue weighted by Gasteiger charge is -2.17. The summed E-state index contributed by atoms with van der Waals surface area (Å²) in [6, 6.07) is 7.63. The lowest BCUT2D eigenvalue weighted by atomic mass is 10.2. The summed E-state index contributed by atoms with van der Waals surface area (Å²) in [6.07, 6.45) is 0. The van der Waals surface area contributed by atoms with Crippen molar-refractivity contribution in [2.24, 2.45) is 0 Å². The summed E-state index contributed by atoms with van der Waals surface area (Å²) < 4.78 is 10.2. The first-order valence-electron chi connectivity index (χ1n) is 6.22. The van der Waals surface area contributed by atoms with Gasteiger partial charge >= 0.3 is 5.97 Å². The van der Waals surface area contributed by atoms with Crippen LogP contribution in [0.15, 0.2) is 24.3 Å². The summed E-state index contributed by atoms with van der Waals surface area (Å²) in [5.74, 6) is -0.625. The Balaban J connectivity index is 2.21. The number of carbonyl (C=O) groups excluding carboxylic acids is 1. The Kier molecular flexibility index (Phi) is 6.52. The minimum Gasteiger partial charge on any atom is -0.492 e. The van der Waals surface area contributed by atoms with Crippen LogP contribution in [-0.2, 0) is 14.3 Å². The molecule has 1 rings (SSSR count). The summed E-state index contributed by atoms with van der Waals surface area (Å²) in [4.78, 5) is 23.2. The molecular weight excluding hydrogens is 262 g/mol. The predicted molar refractivity (Wildman–Crippen MR) is 72.8 cm³/mol. The minimum atomic E-state index is -1.09. The molecule has 1 aromatic carbocycles. The fraction of sp³-hybridized carbons (Fsp3) is 0.429. The van der Waals surface area contributed by atoms with Gasteiger partial charge in [0.2, 0.25) is 5.91 Å². The van der Waals surface area contributed by atoms with Gasteiger partial charge in [0, 0.05) is 7.05 Å². The SMILES string of the molecule is Cc1ccc(OCCN(C)C(=O)COCC(=O)O)cc1. The Morgan fingerprint density at radius 1 is 1.20 bits per heavy atom. The monoisotopic (exact) mass is 281 g/mol. The van der Waals surface area contributed by atoms with Crippen molar-refractivity contribution in [3.63, 3.8) is 0 Å². The minimum absolute atomic E-state index is 0.243. The molecule has 0 aliphatic carbocycles. The molecule has 110 valence electrons. The van der Waals surface area contributed by atoms with Gasteiger partial charge in [-0.3, -0.25) is 4.79 Å². The van der Waals surface area contributed by atoms with Crippen LogP contribution in [-0.4, -0.2) is 55.3 Å². The van der Waals surface area contributed by atoms with Crippen LogP contribution in [0.25, 0.3) is 0 Å². The van der Waals surface area contributed by atoms with Crippen LogP contribution in [0, 0.1) is 6.92 Å². The first kappa shape index (κ1) is 16.0. The normalized spacial score (nSPS) is 10.1. The van der Waals surface area contributed by atoms with Crippen LogP contribution in [0.1, 0.15) is 5.56 Å². The quantitative estimate of drug-likeness (QED) is 0.767. The van der Waals surface area contributed by atoms with Gasteiger partial charge in [-0.2, -0.15) is 0 Å². The van der Waals surface area contributed by atoms with E-state index >= 15 is 0 Å². The van der Waals surface area contributed by atoms with Crippen LogP contribution in [0.4, 0.5) is 0 Å². The number of nitrogens with zero attached hydrogens (tertiary/aromatic N) is 1. The topological polar surface area (TPSA) is 76.1 Å². The van der Waals surface area contributed by atoms with E-state index in [-0.39, 0.29) is 12.5 Å². The highest BCUT2D eigenvalue weighted by Gasteiger charge is 2.09. The molecule has 1 N–H and O–H groups in total. The van der Waals surface area contributed by atoms with Crippen LogP contribution in [0.3, 0.4) is 0 Å². The molecule has 0 radical (unpaired) electrons. The molecule has 0 fully saturated rings. The highest BCUT2D eigenvalue weighted by atomic mass is 16.5. The van der Waals surface area contributed by atoms with Crippen LogP contribution in [0.5, 0.6) is 5.75 Å². The molecule has 0 aliphatic heterocycles. The lowest BCUT2D eigenvalue weighted by Crippen LogP contribution is -2.34. The average Bonchev–Trinajstić information content (AvgIpc) is 2.40. The Bertz CT molecular complexity index is 443. The van der Waals surface area contributed by atoms with Crippen LogP contribution in [0.2, 0.25) is 0 Å². The van der Waals surface area contributed by atoms with E-state index in [1.807, 2.05) is 31.2 Å². The molecule has 0 aromatic heterocycles. The maximum atomic E-state index is 11.6. The molecule has 0 atom stereocenters. The summed E-state index contributed by atoms with van der Waals surface area (Å²) in [7, 11) is 1.62. The lowest BCUT2D eigenvalue weighted by molar-refractivity contribution is -0.145. The van der Waals surface area contributed by atoms with Gasteiger partial charge in [-0.05, 0) is 19.1 Å². The smallest absolute Gasteiger partial charge is 0.329 e. The van der Waals surface area contributed by atoms with E-state index in [4.69, 9.17) is 14.6 Å². The third-order valence-corrected chi connectivity index (χ3v) is 2.59. The molecule has 1 aromatic rings. The van der Waals surface area contributed by atoms with Crippen molar-refractivity contribution in [2.75, 3.05) is 33.4 Å². The van der Waals surface area contributed by atoms with E-state index in [9.17, 15) is 9.59 Å². The first-order valence-corrected chi connectivity index (χ1v) is 6.22. The van der Waals surface area contributed by atoms with Crippen molar-refractivity contribution in [1.29, 1.82) is 0 Å². The van der Waals surface area contributed by atoms with Crippen molar-refractivity contribution >= 4 is 11.9 Å². The van der Waals surface area contributed by atoms with E-state index in [0.29, 0.717) is 13.2 Å². The fourth-order valence-corrected chi connectivity index (χ4v) is 1.40. The zero-order valence-electron chi connectivity index (χ0n) is 11.7. The maximum Gasteiger partial charge on any atom is 0.329 e. The number of aliphatic carboxylic acids is 1. The van der Waals surface area contributed by atoms with Crippen molar-refractivity contribution in [3.8, 4) is 5.75 Å². The fourth-order valence-electron chi connectivity index (χ4n) is 1.40. The molecule has 0 aliphatic rings. The van der Waals surface area contributed by atoms with Gasteiger partial charge in [0.25, 0.3) is 0 Å². The molecule has 6 nitrogen and oxygen atoms in total. The molecule has 0 bridgehead atoms. The molecule has 0 unspecified atom stereocenters. The van der Waals surface area contributed by atoms with Gasteiger partial charge in [0.15, 0.2) is 0 Å². The number of carboxylic acids is 1. The predicted octanol–water partition coefficient (Wildman–Crippen LogP) is 0.933. The number of rotatable bonds is 8. The average molecular weight is 281 g/mol. The van der Waals surface area contributed by atoms with Gasteiger partial charge in [0.05, 0.1) is 6.54 Å². The highest BCUT2D eigenvalue weighted by molar-refractivity contribution is 5.77. The van der Waals surface area contributed by atoms with Gasteiger partial charge in [-0.15, -0.1) is 0 Å². The van der Waals surface area contributed by atoms with Gasteiger partial charge in [-0.25, -0.2) is 4.79 Å². The zero-order chi connectivity index (χ0) is 15.0. The second-order valence-electron chi connectivity index (χ2n) is 4.36. The number of hydrogen-bond acceptors (Lipinski definition) is 4. The molecule has 6 heteroatoms. The van der Waals surface area contributed by atoms with Crippen molar-refractivity contribution in [1.82, 2.24) is 4.90 Å². The standard InChI is InChI=1S/C14H19NO5/c1-11-3-5-12(6-4-11)20-8-7-15(2)13(16)9-19-10-14(17)18/h3-6H,7-10H2,1-2H3,(H,17,18). The number of likely N-dealkylation sites (N-methyl/N-ethyl adjacent to an activating group) is 1. The molecule has 0 heterocycles. The van der Waals surface area contributed by atoms with Gasteiger partial charge < -0.3 is 19.5 Å². The van der Waals surface area contributed by atoms with E-state index < -0.39 is 12.6 Å². The van der Waals surface area contributed by atoms with Crippen molar-refractivity contribution < 1.29 is 24.2 Å². The van der Waals surface area contributed by atoms with E-state index in [1.54, 1.807) is 7.05 Å². The van der Waals surface area contributed by atoms with Crippen LogP contribution >= 0.6 is 0 Å². The number of carbonyl (C=O) groups is 2. The Morgan fingerprint density at radius 3 is 2.45 bits per heavy atom. The summed E-state index contributed by atoms with van der Waals surface area (Å²) in [5.41, 5.74) is 1.15. The van der Waals surface area contributed by atoms with Gasteiger partial charge in [0.1, 0.15) is 25.6 Å². The largest absolute Gasteiger partial charge is 0.492 e. The highest BCUT2D eigenvalue weighted by Crippen LogP contribution is 2.11. The number of hydrogen-bond donors (Lipinski definition) is 1. The van der Waals surface area contributed by atoms with Gasteiger partial charge in [-0.1, -0.05) is 17.7 Å². The Labute approximate surface area is 117 Å². The molecule has 0 saturated carbocycles. The zero-order valence-corrected chi connectivity index (χ0v) is 11.7. The third-order valence-electron chi connectivity index (χ3n) is 2.59. The number of ether oxygens (including phenoxy) is 2. The maximum absolute atomic E-state index is 11.6. The second kappa shape index (κ2) is 8.16. The molecule has 0 saturated heterocycles. The molecule has 1 amide bonds. The Hall–Kier alpha value is -2.08. The van der Waals surface area contributed by atoms with E-state index in [1.165, 1.54) is 4.90 Å². The molecule has 20 heavy (non-hydrogen) atoms. The van der Waals surface area contributed by atoms with Crippen LogP contribution < -0.4 is 4.74 Å². The number of amides is 1. The molecule has 0 spiro atoms. The number of aryl methyl sites for hydroxylation is 1. The molecular formula is C14H19NO5. The van der Waals surface area contributed by atoms with E-state index in [2.05, 4.69) is 0 Å². The third kappa shape index (κ3) is 6.19. The summed E-state index contributed by atoms with van der Waals surface area (Å²) >= 11 is 0. The number of benzene rings is 1. The summed E-state index contributed by atoms with van der Waals surface area (Å²) in [6.45, 7) is 2.05. The van der Waals surface area contributed by atoms with E-state index in [0.717, 1.165) is 11.3 Å². The second-order valence-corrected chi connectivity index (χ2v) is 4.36.